The first-order valence-electron chi connectivity index (χ1n) is 7.48. The molecule has 2 rings (SSSR count). The molecule has 2 N–H and O–H groups in total. The molecule has 1 saturated heterocycles. The molecule has 0 aliphatic carbocycles. The molecule has 1 aromatic carbocycles. The molecule has 1 heterocycles. The first-order chi connectivity index (χ1) is 10.6. The Hall–Kier alpha value is -1.95. The first-order valence-corrected chi connectivity index (χ1v) is 7.48. The summed E-state index contributed by atoms with van der Waals surface area (Å²) < 4.78 is 15.7. The number of hydrogen-bond acceptors (Lipinski definition) is 5. The normalized spacial score (nSPS) is 21.4. The zero-order valence-electron chi connectivity index (χ0n) is 13.4. The number of carbonyl (C=O) groups excluding carboxylic acids is 1. The fraction of sp³-hybridized carbons (Fsp3) is 0.562. The van der Waals surface area contributed by atoms with Crippen molar-refractivity contribution in [3.8, 4) is 11.5 Å². The lowest BCUT2D eigenvalue weighted by atomic mass is 9.88. The van der Waals surface area contributed by atoms with Crippen molar-refractivity contribution in [2.75, 3.05) is 33.9 Å². The van der Waals surface area contributed by atoms with E-state index in [2.05, 4.69) is 0 Å². The molecule has 1 fully saturated rings. The van der Waals surface area contributed by atoms with Gasteiger partial charge in [-0.3, -0.25) is 0 Å². The van der Waals surface area contributed by atoms with E-state index in [-0.39, 0.29) is 18.1 Å². The molecule has 0 bridgehead atoms. The molecule has 6 nitrogen and oxygen atoms in total. The first kappa shape index (κ1) is 16.4. The van der Waals surface area contributed by atoms with E-state index in [9.17, 15) is 4.79 Å². The maximum atomic E-state index is 11.9. The molecule has 2 atom stereocenters. The monoisotopic (exact) mass is 308 g/mol. The van der Waals surface area contributed by atoms with Crippen LogP contribution in [0, 0.1) is 0 Å². The molecule has 6 heteroatoms. The number of piperidine rings is 1. The zero-order chi connectivity index (χ0) is 16.1. The van der Waals surface area contributed by atoms with E-state index in [0.717, 1.165) is 12.0 Å². The van der Waals surface area contributed by atoms with Gasteiger partial charge in [0.1, 0.15) is 0 Å². The Morgan fingerprint density at radius 1 is 1.27 bits per heavy atom. The van der Waals surface area contributed by atoms with Crippen molar-refractivity contribution in [2.45, 2.75) is 25.3 Å². The summed E-state index contributed by atoms with van der Waals surface area (Å²) in [6, 6.07) is 5.76. The zero-order valence-corrected chi connectivity index (χ0v) is 13.4. The number of amides is 1. The highest BCUT2D eigenvalue weighted by Crippen LogP contribution is 2.34. The lowest BCUT2D eigenvalue weighted by Gasteiger charge is -2.36. The molecule has 1 aromatic rings. The number of ether oxygens (including phenoxy) is 3. The quantitative estimate of drug-likeness (QED) is 0.920. The summed E-state index contributed by atoms with van der Waals surface area (Å²) in [5.41, 5.74) is 7.19. The Bertz CT molecular complexity index is 521. The number of likely N-dealkylation sites (tertiary alicyclic amines) is 1. The Morgan fingerprint density at radius 3 is 2.64 bits per heavy atom. The van der Waals surface area contributed by atoms with Crippen LogP contribution >= 0.6 is 0 Å². The van der Waals surface area contributed by atoms with Crippen molar-refractivity contribution in [2.24, 2.45) is 5.73 Å². The summed E-state index contributed by atoms with van der Waals surface area (Å²) in [5, 5.41) is 0. The van der Waals surface area contributed by atoms with Crippen molar-refractivity contribution in [3.05, 3.63) is 23.8 Å². The van der Waals surface area contributed by atoms with Gasteiger partial charge < -0.3 is 24.8 Å². The van der Waals surface area contributed by atoms with Gasteiger partial charge in [0.25, 0.3) is 0 Å². The topological polar surface area (TPSA) is 74.0 Å². The summed E-state index contributed by atoms with van der Waals surface area (Å²) in [5.74, 6) is 1.53. The number of hydrogen-bond donors (Lipinski definition) is 1. The second-order valence-corrected chi connectivity index (χ2v) is 5.41. The third-order valence-corrected chi connectivity index (χ3v) is 3.89. The van der Waals surface area contributed by atoms with Crippen LogP contribution in [0.5, 0.6) is 11.5 Å². The van der Waals surface area contributed by atoms with Crippen LogP contribution in [-0.2, 0) is 4.74 Å². The van der Waals surface area contributed by atoms with E-state index >= 15 is 0 Å². The van der Waals surface area contributed by atoms with Gasteiger partial charge in [0.05, 0.1) is 20.8 Å². The Balaban J connectivity index is 2.18. The third kappa shape index (κ3) is 3.62. The predicted molar refractivity (Wildman–Crippen MR) is 83.5 cm³/mol. The standard InChI is InChI=1S/C16H24N2O4/c1-4-22-16(19)18-9-12(7-13(17)10-18)11-5-6-14(20-2)15(8-11)21-3/h5-6,8,12-13H,4,7,9-10,17H2,1-3H3. The molecule has 22 heavy (non-hydrogen) atoms. The second kappa shape index (κ2) is 7.35. The number of nitrogens with zero attached hydrogens (tertiary/aromatic N) is 1. The Labute approximate surface area is 131 Å². The maximum absolute atomic E-state index is 11.9. The minimum Gasteiger partial charge on any atom is -0.493 e. The number of rotatable bonds is 4. The molecule has 2 unspecified atom stereocenters. The van der Waals surface area contributed by atoms with Gasteiger partial charge >= 0.3 is 6.09 Å². The van der Waals surface area contributed by atoms with Crippen LogP contribution in [0.3, 0.4) is 0 Å². The van der Waals surface area contributed by atoms with E-state index in [1.54, 1.807) is 26.0 Å². The second-order valence-electron chi connectivity index (χ2n) is 5.41. The van der Waals surface area contributed by atoms with Gasteiger partial charge in [-0.1, -0.05) is 6.07 Å². The van der Waals surface area contributed by atoms with Crippen LogP contribution < -0.4 is 15.2 Å². The minimum absolute atomic E-state index is 0.0590. The lowest BCUT2D eigenvalue weighted by molar-refractivity contribution is 0.0917. The van der Waals surface area contributed by atoms with Crippen LogP contribution in [-0.4, -0.2) is 51.0 Å². The molecular formula is C16H24N2O4. The lowest BCUT2D eigenvalue weighted by Crippen LogP contribution is -2.48. The molecule has 0 spiro atoms. The fourth-order valence-electron chi connectivity index (χ4n) is 2.85. The summed E-state index contributed by atoms with van der Waals surface area (Å²) in [4.78, 5) is 13.6. The highest BCUT2D eigenvalue weighted by molar-refractivity contribution is 5.68. The van der Waals surface area contributed by atoms with Crippen LogP contribution in [0.4, 0.5) is 4.79 Å². The molecule has 1 aliphatic heterocycles. The van der Waals surface area contributed by atoms with Gasteiger partial charge in [-0.2, -0.15) is 0 Å². The summed E-state index contributed by atoms with van der Waals surface area (Å²) in [6.45, 7) is 3.30. The van der Waals surface area contributed by atoms with E-state index < -0.39 is 0 Å². The van der Waals surface area contributed by atoms with Gasteiger partial charge in [-0.15, -0.1) is 0 Å². The average Bonchev–Trinajstić information content (AvgIpc) is 2.53. The molecule has 1 amide bonds. The fourth-order valence-corrected chi connectivity index (χ4v) is 2.85. The number of carbonyl (C=O) groups is 1. The largest absolute Gasteiger partial charge is 0.493 e. The molecule has 0 saturated carbocycles. The molecule has 1 aliphatic rings. The van der Waals surface area contributed by atoms with Crippen molar-refractivity contribution in [1.29, 1.82) is 0 Å². The minimum atomic E-state index is -0.303. The highest BCUT2D eigenvalue weighted by Gasteiger charge is 2.30. The van der Waals surface area contributed by atoms with E-state index in [1.165, 1.54) is 0 Å². The van der Waals surface area contributed by atoms with Crippen molar-refractivity contribution < 1.29 is 19.0 Å². The van der Waals surface area contributed by atoms with Gasteiger partial charge in [-0.25, -0.2) is 4.79 Å². The summed E-state index contributed by atoms with van der Waals surface area (Å²) in [7, 11) is 3.22. The highest BCUT2D eigenvalue weighted by atomic mass is 16.6. The Morgan fingerprint density at radius 2 is 2.00 bits per heavy atom. The molecule has 0 aromatic heterocycles. The van der Waals surface area contributed by atoms with Gasteiger partial charge in [-0.05, 0) is 31.0 Å². The summed E-state index contributed by atoms with van der Waals surface area (Å²) in [6.07, 6.45) is 0.522. The van der Waals surface area contributed by atoms with E-state index in [4.69, 9.17) is 19.9 Å². The van der Waals surface area contributed by atoms with Crippen LogP contribution in [0.1, 0.15) is 24.8 Å². The predicted octanol–water partition coefficient (Wildman–Crippen LogP) is 1.98. The van der Waals surface area contributed by atoms with Gasteiger partial charge in [0.15, 0.2) is 11.5 Å². The average molecular weight is 308 g/mol. The van der Waals surface area contributed by atoms with Crippen LogP contribution in [0.25, 0.3) is 0 Å². The van der Waals surface area contributed by atoms with E-state index in [0.29, 0.717) is 31.2 Å². The van der Waals surface area contributed by atoms with Crippen molar-refractivity contribution in [3.63, 3.8) is 0 Å². The third-order valence-electron chi connectivity index (χ3n) is 3.89. The molecule has 122 valence electrons. The van der Waals surface area contributed by atoms with E-state index in [1.807, 2.05) is 18.2 Å². The van der Waals surface area contributed by atoms with Crippen LogP contribution in [0.2, 0.25) is 0 Å². The Kier molecular flexibility index (Phi) is 5.49. The number of methoxy groups -OCH3 is 2. The SMILES string of the molecule is CCOC(=O)N1CC(N)CC(c2ccc(OC)c(OC)c2)C1. The number of nitrogens with two attached hydrogens (primary N) is 1. The van der Waals surface area contributed by atoms with Crippen molar-refractivity contribution >= 4 is 6.09 Å². The van der Waals surface area contributed by atoms with Gasteiger partial charge in [0, 0.05) is 25.0 Å². The van der Waals surface area contributed by atoms with Crippen molar-refractivity contribution in [1.82, 2.24) is 4.90 Å². The van der Waals surface area contributed by atoms with Crippen LogP contribution in [0.15, 0.2) is 18.2 Å². The maximum Gasteiger partial charge on any atom is 0.409 e. The van der Waals surface area contributed by atoms with Gasteiger partial charge in [0.2, 0.25) is 0 Å². The molecule has 0 radical (unpaired) electrons. The number of benzene rings is 1. The molecular weight excluding hydrogens is 284 g/mol. The smallest absolute Gasteiger partial charge is 0.409 e. The summed E-state index contributed by atoms with van der Waals surface area (Å²) >= 11 is 0.